The lowest BCUT2D eigenvalue weighted by Crippen LogP contribution is -2.41. The molecule has 162 valence electrons. The number of carbonyl (C=O) groups is 1. The molecule has 0 amide bonds. The van der Waals surface area contributed by atoms with Crippen molar-refractivity contribution in [2.24, 2.45) is 0 Å². The summed E-state index contributed by atoms with van der Waals surface area (Å²) in [6, 6.07) is 3.85. The Labute approximate surface area is 175 Å². The summed E-state index contributed by atoms with van der Waals surface area (Å²) in [7, 11) is 2.75. The molecule has 0 spiro atoms. The van der Waals surface area contributed by atoms with E-state index < -0.39 is 23.9 Å². The topological polar surface area (TPSA) is 63.2 Å². The van der Waals surface area contributed by atoms with E-state index in [9.17, 15) is 4.79 Å². The quantitative estimate of drug-likeness (QED) is 0.509. The molecule has 0 aliphatic carbocycles. The highest BCUT2D eigenvalue weighted by Crippen LogP contribution is 2.38. The molecule has 1 saturated heterocycles. The molecule has 7 heteroatoms. The second kappa shape index (κ2) is 8.56. The van der Waals surface area contributed by atoms with Gasteiger partial charge in [-0.3, -0.25) is 4.79 Å². The minimum Gasteiger partial charge on any atom is -0.496 e. The molecule has 0 radical (unpaired) electrons. The van der Waals surface area contributed by atoms with Crippen LogP contribution in [0.5, 0.6) is 11.5 Å². The zero-order valence-corrected chi connectivity index (χ0v) is 19.3. The van der Waals surface area contributed by atoms with Crippen LogP contribution in [0.4, 0.5) is 0 Å². The van der Waals surface area contributed by atoms with Crippen LogP contribution < -0.4 is 14.9 Å². The van der Waals surface area contributed by atoms with Gasteiger partial charge < -0.3 is 23.5 Å². The number of hydrogen-bond donors (Lipinski definition) is 0. The molecule has 0 atom stereocenters. The first kappa shape index (κ1) is 23.6. The van der Waals surface area contributed by atoms with Crippen molar-refractivity contribution in [1.82, 2.24) is 0 Å². The molecule has 6 nitrogen and oxygen atoms in total. The number of rotatable bonds is 7. The van der Waals surface area contributed by atoms with Gasteiger partial charge in [0.1, 0.15) is 17.1 Å². The summed E-state index contributed by atoms with van der Waals surface area (Å²) in [5.74, 6) is 1.18. The Hall–Kier alpha value is -1.73. The molecule has 0 N–H and O–H groups in total. The van der Waals surface area contributed by atoms with E-state index in [2.05, 4.69) is 0 Å². The first-order valence-electron chi connectivity index (χ1n) is 10.1. The van der Waals surface area contributed by atoms with Crippen LogP contribution in [-0.2, 0) is 25.3 Å². The highest BCUT2D eigenvalue weighted by molar-refractivity contribution is 6.62. The summed E-state index contributed by atoms with van der Waals surface area (Å²) in [6.45, 7) is 13.7. The Morgan fingerprint density at radius 2 is 1.48 bits per heavy atom. The highest BCUT2D eigenvalue weighted by atomic mass is 16.7. The molecule has 0 aromatic heterocycles. The van der Waals surface area contributed by atoms with E-state index in [-0.39, 0.29) is 5.97 Å². The number of methoxy groups -OCH3 is 2. The molecule has 0 unspecified atom stereocenters. The van der Waals surface area contributed by atoms with Gasteiger partial charge in [0.15, 0.2) is 0 Å². The minimum absolute atomic E-state index is 0.204. The highest BCUT2D eigenvalue weighted by Gasteiger charge is 2.52. The van der Waals surface area contributed by atoms with Crippen molar-refractivity contribution in [2.45, 2.75) is 84.5 Å². The predicted molar refractivity (Wildman–Crippen MR) is 114 cm³/mol. The molecule has 0 bridgehead atoms. The Morgan fingerprint density at radius 1 is 1.00 bits per heavy atom. The Balaban J connectivity index is 2.18. The molecule has 29 heavy (non-hydrogen) atoms. The molecular formula is C22H35BO6. The van der Waals surface area contributed by atoms with E-state index >= 15 is 0 Å². The predicted octanol–water partition coefficient (Wildman–Crippen LogP) is 3.67. The Kier molecular flexibility index (Phi) is 6.95. The lowest BCUT2D eigenvalue weighted by Gasteiger charge is -2.32. The van der Waals surface area contributed by atoms with Crippen molar-refractivity contribution in [1.29, 1.82) is 0 Å². The van der Waals surface area contributed by atoms with Crippen molar-refractivity contribution in [3.8, 4) is 11.5 Å². The number of hydrogen-bond acceptors (Lipinski definition) is 6. The first-order valence-corrected chi connectivity index (χ1v) is 10.1. The lowest BCUT2D eigenvalue weighted by molar-refractivity contribution is -0.154. The van der Waals surface area contributed by atoms with E-state index in [1.807, 2.05) is 60.6 Å². The van der Waals surface area contributed by atoms with Gasteiger partial charge in [0.2, 0.25) is 0 Å². The smallest absolute Gasteiger partial charge is 0.495 e. The van der Waals surface area contributed by atoms with E-state index in [4.69, 9.17) is 23.5 Å². The van der Waals surface area contributed by atoms with Crippen LogP contribution in [0.2, 0.25) is 0 Å². The van der Waals surface area contributed by atoms with Gasteiger partial charge in [0.05, 0.1) is 25.4 Å². The van der Waals surface area contributed by atoms with Gasteiger partial charge in [-0.2, -0.15) is 0 Å². The average Bonchev–Trinajstić information content (AvgIpc) is 2.80. The number of ether oxygens (including phenoxy) is 3. The first-order chi connectivity index (χ1) is 13.3. The number of esters is 1. The van der Waals surface area contributed by atoms with Gasteiger partial charge in [0, 0.05) is 12.0 Å². The summed E-state index contributed by atoms with van der Waals surface area (Å²) in [5, 5.41) is 0. The van der Waals surface area contributed by atoms with E-state index in [0.29, 0.717) is 30.8 Å². The third kappa shape index (κ3) is 5.67. The normalized spacial score (nSPS) is 17.9. The largest absolute Gasteiger partial charge is 0.496 e. The molecule has 1 aromatic carbocycles. The second-order valence-corrected chi connectivity index (χ2v) is 9.43. The third-order valence-electron chi connectivity index (χ3n) is 5.38. The lowest BCUT2D eigenvalue weighted by atomic mass is 9.78. The zero-order chi connectivity index (χ0) is 22.0. The molecule has 1 aromatic rings. The van der Waals surface area contributed by atoms with Crippen molar-refractivity contribution in [3.63, 3.8) is 0 Å². The van der Waals surface area contributed by atoms with Gasteiger partial charge >= 0.3 is 13.1 Å². The van der Waals surface area contributed by atoms with Crippen LogP contribution in [-0.4, -0.2) is 44.1 Å². The number of carbonyl (C=O) groups excluding carboxylic acids is 1. The SMILES string of the molecule is COc1cc(B2OC(C)(C)C(C)(C)O2)cc(OC)c1CCCC(=O)OC(C)(C)C. The second-order valence-electron chi connectivity index (χ2n) is 9.43. The molecule has 1 aliphatic heterocycles. The van der Waals surface area contributed by atoms with Gasteiger partial charge in [0.25, 0.3) is 0 Å². The fourth-order valence-electron chi connectivity index (χ4n) is 3.17. The summed E-state index contributed by atoms with van der Waals surface area (Å²) >= 11 is 0. The average molecular weight is 406 g/mol. The molecular weight excluding hydrogens is 371 g/mol. The number of benzene rings is 1. The molecule has 0 saturated carbocycles. The van der Waals surface area contributed by atoms with E-state index in [1.54, 1.807) is 14.2 Å². The van der Waals surface area contributed by atoms with Crippen LogP contribution in [0.1, 0.15) is 66.9 Å². The zero-order valence-electron chi connectivity index (χ0n) is 19.3. The van der Waals surface area contributed by atoms with Gasteiger partial charge in [-0.1, -0.05) is 0 Å². The standard InChI is InChI=1S/C22H35BO6/c1-20(2,3)27-19(24)12-10-11-16-17(25-8)13-15(14-18(16)26-9)23-28-21(4,5)22(6,7)29-23/h13-14H,10-12H2,1-9H3. The van der Waals surface area contributed by atoms with Gasteiger partial charge in [-0.05, 0) is 78.9 Å². The van der Waals surface area contributed by atoms with Crippen molar-refractivity contribution < 1.29 is 28.3 Å². The van der Waals surface area contributed by atoms with Crippen LogP contribution in [0.3, 0.4) is 0 Å². The van der Waals surface area contributed by atoms with E-state index in [0.717, 1.165) is 11.0 Å². The van der Waals surface area contributed by atoms with Crippen LogP contribution in [0.25, 0.3) is 0 Å². The van der Waals surface area contributed by atoms with Crippen molar-refractivity contribution in [2.75, 3.05) is 14.2 Å². The van der Waals surface area contributed by atoms with Gasteiger partial charge in [-0.25, -0.2) is 0 Å². The fourth-order valence-corrected chi connectivity index (χ4v) is 3.17. The Morgan fingerprint density at radius 3 is 1.90 bits per heavy atom. The van der Waals surface area contributed by atoms with Crippen LogP contribution in [0.15, 0.2) is 12.1 Å². The van der Waals surface area contributed by atoms with E-state index in [1.165, 1.54) is 0 Å². The molecule has 1 heterocycles. The monoisotopic (exact) mass is 406 g/mol. The molecule has 2 rings (SSSR count). The fraction of sp³-hybridized carbons (Fsp3) is 0.682. The maximum Gasteiger partial charge on any atom is 0.495 e. The summed E-state index contributed by atoms with van der Waals surface area (Å²) in [6.07, 6.45) is 1.61. The van der Waals surface area contributed by atoms with Crippen molar-refractivity contribution in [3.05, 3.63) is 17.7 Å². The molecule has 1 fully saturated rings. The summed E-state index contributed by atoms with van der Waals surface area (Å²) in [5.41, 5.74) is 0.429. The molecule has 1 aliphatic rings. The van der Waals surface area contributed by atoms with Crippen molar-refractivity contribution >= 4 is 18.6 Å². The maximum absolute atomic E-state index is 12.0. The minimum atomic E-state index is -0.501. The van der Waals surface area contributed by atoms with Gasteiger partial charge in [-0.15, -0.1) is 0 Å². The maximum atomic E-state index is 12.0. The summed E-state index contributed by atoms with van der Waals surface area (Å²) < 4.78 is 28.9. The Bertz CT molecular complexity index is 694. The van der Waals surface area contributed by atoms with Crippen LogP contribution >= 0.6 is 0 Å². The summed E-state index contributed by atoms with van der Waals surface area (Å²) in [4.78, 5) is 12.0. The van der Waals surface area contributed by atoms with Crippen LogP contribution in [0, 0.1) is 0 Å². The third-order valence-corrected chi connectivity index (χ3v) is 5.38.